The van der Waals surface area contributed by atoms with Crippen molar-refractivity contribution in [3.8, 4) is 0 Å². The quantitative estimate of drug-likeness (QED) is 0.820. The van der Waals surface area contributed by atoms with Gasteiger partial charge in [0, 0.05) is 21.7 Å². The third-order valence-corrected chi connectivity index (χ3v) is 3.32. The van der Waals surface area contributed by atoms with E-state index in [1.165, 1.54) is 12.1 Å². The first-order valence-corrected chi connectivity index (χ1v) is 6.67. The highest BCUT2D eigenvalue weighted by Crippen LogP contribution is 2.22. The fourth-order valence-electron chi connectivity index (χ4n) is 1.69. The van der Waals surface area contributed by atoms with Crippen molar-refractivity contribution in [1.29, 1.82) is 0 Å². The molecule has 0 saturated carbocycles. The van der Waals surface area contributed by atoms with Crippen LogP contribution in [0.5, 0.6) is 0 Å². The average Bonchev–Trinajstić information content (AvgIpc) is 2.29. The van der Waals surface area contributed by atoms with Gasteiger partial charge in [-0.3, -0.25) is 0 Å². The van der Waals surface area contributed by atoms with Gasteiger partial charge in [0.1, 0.15) is 5.82 Å². The Morgan fingerprint density at radius 1 is 1.22 bits per heavy atom. The lowest BCUT2D eigenvalue weighted by Gasteiger charge is -2.10. The van der Waals surface area contributed by atoms with E-state index in [-0.39, 0.29) is 5.82 Å². The second-order valence-electron chi connectivity index (χ2n) is 4.09. The maximum atomic E-state index is 13.2. The molecule has 0 aliphatic carbocycles. The van der Waals surface area contributed by atoms with E-state index in [0.717, 1.165) is 21.3 Å². The van der Waals surface area contributed by atoms with E-state index in [9.17, 15) is 4.39 Å². The zero-order valence-electron chi connectivity index (χ0n) is 9.81. The van der Waals surface area contributed by atoms with Crippen LogP contribution >= 0.6 is 27.5 Å². The number of benzene rings is 2. The van der Waals surface area contributed by atoms with Gasteiger partial charge >= 0.3 is 0 Å². The minimum absolute atomic E-state index is 0.315. The minimum atomic E-state index is -0.315. The molecule has 0 amide bonds. The van der Waals surface area contributed by atoms with Crippen molar-refractivity contribution in [3.05, 3.63) is 62.8 Å². The van der Waals surface area contributed by atoms with Crippen molar-refractivity contribution in [1.82, 2.24) is 0 Å². The Morgan fingerprint density at radius 3 is 2.72 bits per heavy atom. The zero-order chi connectivity index (χ0) is 13.1. The second kappa shape index (κ2) is 5.72. The maximum absolute atomic E-state index is 13.2. The fraction of sp³-hybridized carbons (Fsp3) is 0.143. The number of aryl methyl sites for hydroxylation is 1. The van der Waals surface area contributed by atoms with Gasteiger partial charge in [-0.1, -0.05) is 33.6 Å². The third-order valence-electron chi connectivity index (χ3n) is 2.60. The molecule has 2 rings (SSSR count). The summed E-state index contributed by atoms with van der Waals surface area (Å²) in [7, 11) is 0. The largest absolute Gasteiger partial charge is 0.381 e. The summed E-state index contributed by atoms with van der Waals surface area (Å²) in [6, 6.07) is 10.5. The molecule has 0 saturated heterocycles. The summed E-state index contributed by atoms with van der Waals surface area (Å²) in [5, 5.41) is 3.68. The molecule has 1 N–H and O–H groups in total. The van der Waals surface area contributed by atoms with Gasteiger partial charge in [-0.2, -0.15) is 0 Å². The molecule has 2 aromatic rings. The molecule has 2 aromatic carbocycles. The van der Waals surface area contributed by atoms with Gasteiger partial charge in [0.25, 0.3) is 0 Å². The fourth-order valence-corrected chi connectivity index (χ4v) is 2.30. The Morgan fingerprint density at radius 2 is 2.00 bits per heavy atom. The maximum Gasteiger partial charge on any atom is 0.125 e. The van der Waals surface area contributed by atoms with Crippen LogP contribution in [0.4, 0.5) is 10.1 Å². The van der Waals surface area contributed by atoms with E-state index in [4.69, 9.17) is 11.6 Å². The van der Waals surface area contributed by atoms with Crippen molar-refractivity contribution < 1.29 is 4.39 Å². The molecule has 0 aliphatic rings. The monoisotopic (exact) mass is 327 g/mol. The van der Waals surface area contributed by atoms with E-state index in [1.807, 2.05) is 25.1 Å². The van der Waals surface area contributed by atoms with Gasteiger partial charge < -0.3 is 5.32 Å². The molecule has 0 radical (unpaired) electrons. The average molecular weight is 329 g/mol. The second-order valence-corrected chi connectivity index (χ2v) is 5.44. The molecule has 0 fully saturated rings. The van der Waals surface area contributed by atoms with Gasteiger partial charge in [-0.25, -0.2) is 4.39 Å². The molecule has 0 spiro atoms. The Balaban J connectivity index is 2.13. The number of nitrogens with one attached hydrogen (secondary N) is 1. The first-order valence-electron chi connectivity index (χ1n) is 5.49. The Hall–Kier alpha value is -1.06. The van der Waals surface area contributed by atoms with Crippen LogP contribution in [0.25, 0.3) is 0 Å². The molecule has 18 heavy (non-hydrogen) atoms. The Labute approximate surface area is 119 Å². The predicted molar refractivity (Wildman–Crippen MR) is 77.6 cm³/mol. The van der Waals surface area contributed by atoms with Crippen molar-refractivity contribution in [2.75, 3.05) is 5.32 Å². The van der Waals surface area contributed by atoms with Crippen LogP contribution in [-0.4, -0.2) is 0 Å². The van der Waals surface area contributed by atoms with E-state index in [2.05, 4.69) is 21.2 Å². The zero-order valence-corrected chi connectivity index (χ0v) is 12.1. The summed E-state index contributed by atoms with van der Waals surface area (Å²) in [5.41, 5.74) is 2.98. The SMILES string of the molecule is Cc1ccc(Br)cc1NCc1cc(F)cc(Cl)c1. The van der Waals surface area contributed by atoms with Crippen LogP contribution in [0, 0.1) is 12.7 Å². The number of anilines is 1. The molecule has 1 nitrogen and oxygen atoms in total. The van der Waals surface area contributed by atoms with Gasteiger partial charge in [0.15, 0.2) is 0 Å². The molecule has 0 atom stereocenters. The number of halogens is 3. The van der Waals surface area contributed by atoms with Crippen molar-refractivity contribution in [2.45, 2.75) is 13.5 Å². The van der Waals surface area contributed by atoms with E-state index in [1.54, 1.807) is 6.07 Å². The minimum Gasteiger partial charge on any atom is -0.381 e. The summed E-state index contributed by atoms with van der Waals surface area (Å²) in [5.74, 6) is -0.315. The lowest BCUT2D eigenvalue weighted by molar-refractivity contribution is 0.626. The number of rotatable bonds is 3. The van der Waals surface area contributed by atoms with Gasteiger partial charge in [-0.05, 0) is 48.4 Å². The molecule has 94 valence electrons. The molecule has 0 aromatic heterocycles. The molecule has 4 heteroatoms. The van der Waals surface area contributed by atoms with Crippen LogP contribution in [0.15, 0.2) is 40.9 Å². The molecular formula is C14H12BrClFN. The Kier molecular flexibility index (Phi) is 4.25. The molecule has 0 heterocycles. The van der Waals surface area contributed by atoms with Crippen LogP contribution in [-0.2, 0) is 6.54 Å². The third kappa shape index (κ3) is 3.47. The molecule has 0 unspecified atom stereocenters. The highest BCUT2D eigenvalue weighted by Gasteiger charge is 2.02. The lowest BCUT2D eigenvalue weighted by Crippen LogP contribution is -2.01. The summed E-state index contributed by atoms with van der Waals surface area (Å²) < 4.78 is 14.2. The first-order chi connectivity index (χ1) is 8.54. The Bertz CT molecular complexity index is 551. The van der Waals surface area contributed by atoms with Gasteiger partial charge in [0.2, 0.25) is 0 Å². The summed E-state index contributed by atoms with van der Waals surface area (Å²) in [4.78, 5) is 0. The van der Waals surface area contributed by atoms with Crippen molar-refractivity contribution >= 4 is 33.2 Å². The van der Waals surface area contributed by atoms with Crippen LogP contribution in [0.2, 0.25) is 5.02 Å². The van der Waals surface area contributed by atoms with Crippen LogP contribution in [0.1, 0.15) is 11.1 Å². The van der Waals surface area contributed by atoms with Crippen LogP contribution < -0.4 is 5.32 Å². The molecule has 0 aliphatic heterocycles. The van der Waals surface area contributed by atoms with E-state index in [0.29, 0.717) is 11.6 Å². The number of hydrogen-bond acceptors (Lipinski definition) is 1. The normalized spacial score (nSPS) is 10.4. The number of hydrogen-bond donors (Lipinski definition) is 1. The summed E-state index contributed by atoms with van der Waals surface area (Å²) >= 11 is 9.24. The first kappa shape index (κ1) is 13.4. The highest BCUT2D eigenvalue weighted by molar-refractivity contribution is 9.10. The molecular weight excluding hydrogens is 317 g/mol. The molecule has 0 bridgehead atoms. The van der Waals surface area contributed by atoms with Crippen LogP contribution in [0.3, 0.4) is 0 Å². The summed E-state index contributed by atoms with van der Waals surface area (Å²) in [6.07, 6.45) is 0. The van der Waals surface area contributed by atoms with Gasteiger partial charge in [-0.15, -0.1) is 0 Å². The van der Waals surface area contributed by atoms with Crippen molar-refractivity contribution in [2.24, 2.45) is 0 Å². The smallest absolute Gasteiger partial charge is 0.125 e. The summed E-state index contributed by atoms with van der Waals surface area (Å²) in [6.45, 7) is 2.56. The lowest BCUT2D eigenvalue weighted by atomic mass is 10.1. The van der Waals surface area contributed by atoms with Gasteiger partial charge in [0.05, 0.1) is 0 Å². The topological polar surface area (TPSA) is 12.0 Å². The highest BCUT2D eigenvalue weighted by atomic mass is 79.9. The van der Waals surface area contributed by atoms with Crippen molar-refractivity contribution in [3.63, 3.8) is 0 Å². The van der Waals surface area contributed by atoms with E-state index < -0.39 is 0 Å². The standard InChI is InChI=1S/C14H12BrClFN/c1-9-2-3-11(15)6-14(9)18-8-10-4-12(16)7-13(17)5-10/h2-7,18H,8H2,1H3. The predicted octanol–water partition coefficient (Wildman–Crippen LogP) is 5.16. The van der Waals surface area contributed by atoms with E-state index >= 15 is 0 Å².